The predicted octanol–water partition coefficient (Wildman–Crippen LogP) is 2.64. The summed E-state index contributed by atoms with van der Waals surface area (Å²) in [5.41, 5.74) is 0.435. The Morgan fingerprint density at radius 2 is 1.95 bits per heavy atom. The van der Waals surface area contributed by atoms with Gasteiger partial charge in [-0.25, -0.2) is 13.2 Å². The van der Waals surface area contributed by atoms with Gasteiger partial charge in [0.2, 0.25) is 0 Å². The molecule has 2 rings (SSSR count). The van der Waals surface area contributed by atoms with E-state index in [4.69, 9.17) is 0 Å². The molecule has 0 bridgehead atoms. The van der Waals surface area contributed by atoms with Gasteiger partial charge < -0.3 is 5.32 Å². The number of hydrogen-bond donors (Lipinski definition) is 2. The van der Waals surface area contributed by atoms with Crippen LogP contribution >= 0.6 is 0 Å². The summed E-state index contributed by atoms with van der Waals surface area (Å²) in [6.07, 6.45) is 2.15. The van der Waals surface area contributed by atoms with Crippen molar-refractivity contribution < 1.29 is 18.0 Å². The Balaban J connectivity index is 2.26. The molecule has 4 nitrogen and oxygen atoms in total. The number of halogens is 3. The SMILES string of the molecule is CCc1cn[nH]c1NC(=O)c1cc(F)c(F)c(F)c1. The number of H-pyrrole nitrogens is 1. The largest absolute Gasteiger partial charge is 0.307 e. The average Bonchev–Trinajstić information content (AvgIpc) is 2.82. The Morgan fingerprint density at radius 1 is 1.32 bits per heavy atom. The Bertz CT molecular complexity index is 601. The summed E-state index contributed by atoms with van der Waals surface area (Å²) in [7, 11) is 0. The number of carbonyl (C=O) groups is 1. The first kappa shape index (κ1) is 13.1. The zero-order chi connectivity index (χ0) is 14.0. The number of rotatable bonds is 3. The molecule has 0 saturated carbocycles. The molecule has 0 unspecified atom stereocenters. The number of aromatic amines is 1. The highest BCUT2D eigenvalue weighted by Gasteiger charge is 2.16. The molecule has 0 radical (unpaired) electrons. The number of nitrogens with one attached hydrogen (secondary N) is 2. The summed E-state index contributed by atoms with van der Waals surface area (Å²) >= 11 is 0. The fourth-order valence-corrected chi connectivity index (χ4v) is 1.56. The number of carbonyl (C=O) groups excluding carboxylic acids is 1. The highest BCUT2D eigenvalue weighted by atomic mass is 19.2. The van der Waals surface area contributed by atoms with E-state index in [1.165, 1.54) is 6.20 Å². The standard InChI is InChI=1S/C12H10F3N3O/c1-2-6-5-16-18-11(6)17-12(19)7-3-8(13)10(15)9(14)4-7/h3-5H,2H2,1H3,(H2,16,17,18,19). The number of hydrogen-bond acceptors (Lipinski definition) is 2. The van der Waals surface area contributed by atoms with Gasteiger partial charge in [0.05, 0.1) is 6.20 Å². The zero-order valence-corrected chi connectivity index (χ0v) is 9.93. The van der Waals surface area contributed by atoms with Crippen molar-refractivity contribution in [2.75, 3.05) is 5.32 Å². The Labute approximate surface area is 106 Å². The van der Waals surface area contributed by atoms with E-state index in [2.05, 4.69) is 15.5 Å². The van der Waals surface area contributed by atoms with E-state index in [1.54, 1.807) is 0 Å². The third kappa shape index (κ3) is 2.59. The lowest BCUT2D eigenvalue weighted by Crippen LogP contribution is -2.14. The van der Waals surface area contributed by atoms with Crippen molar-refractivity contribution in [3.05, 3.63) is 46.9 Å². The Morgan fingerprint density at radius 3 is 2.53 bits per heavy atom. The summed E-state index contributed by atoms with van der Waals surface area (Å²) in [6.45, 7) is 1.86. The number of nitrogens with zero attached hydrogens (tertiary/aromatic N) is 1. The van der Waals surface area contributed by atoms with Crippen LogP contribution in [0.5, 0.6) is 0 Å². The van der Waals surface area contributed by atoms with Gasteiger partial charge in [0.1, 0.15) is 5.82 Å². The minimum absolute atomic E-state index is 0.312. The van der Waals surface area contributed by atoms with E-state index in [-0.39, 0.29) is 5.56 Å². The van der Waals surface area contributed by atoms with Gasteiger partial charge in [-0.3, -0.25) is 9.89 Å². The van der Waals surface area contributed by atoms with Crippen molar-refractivity contribution in [3.63, 3.8) is 0 Å². The maximum atomic E-state index is 13.0. The molecule has 1 amide bonds. The second kappa shape index (κ2) is 5.13. The molecular weight excluding hydrogens is 259 g/mol. The van der Waals surface area contributed by atoms with E-state index in [0.717, 1.165) is 5.56 Å². The quantitative estimate of drug-likeness (QED) is 0.841. The van der Waals surface area contributed by atoms with E-state index in [9.17, 15) is 18.0 Å². The molecule has 0 aliphatic heterocycles. The van der Waals surface area contributed by atoms with Crippen molar-refractivity contribution >= 4 is 11.7 Å². The number of aryl methyl sites for hydroxylation is 1. The molecule has 0 fully saturated rings. The van der Waals surface area contributed by atoms with Gasteiger partial charge in [-0.2, -0.15) is 5.10 Å². The lowest BCUT2D eigenvalue weighted by molar-refractivity contribution is 0.102. The van der Waals surface area contributed by atoms with Gasteiger partial charge in [-0.15, -0.1) is 0 Å². The van der Waals surface area contributed by atoms with E-state index in [0.29, 0.717) is 24.4 Å². The smallest absolute Gasteiger partial charge is 0.257 e. The number of aromatic nitrogens is 2. The first-order chi connectivity index (χ1) is 9.02. The first-order valence-corrected chi connectivity index (χ1v) is 5.51. The minimum atomic E-state index is -1.60. The van der Waals surface area contributed by atoms with Crippen LogP contribution in [0.3, 0.4) is 0 Å². The summed E-state index contributed by atoms with van der Waals surface area (Å²) in [5, 5.41) is 8.71. The van der Waals surface area contributed by atoms with E-state index >= 15 is 0 Å². The number of anilines is 1. The van der Waals surface area contributed by atoms with Gasteiger partial charge in [0.15, 0.2) is 17.5 Å². The highest BCUT2D eigenvalue weighted by molar-refractivity contribution is 6.04. The second-order valence-electron chi connectivity index (χ2n) is 3.83. The van der Waals surface area contributed by atoms with Crippen LogP contribution < -0.4 is 5.32 Å². The van der Waals surface area contributed by atoms with Crippen LogP contribution in [0.1, 0.15) is 22.8 Å². The monoisotopic (exact) mass is 269 g/mol. The molecular formula is C12H10F3N3O. The van der Waals surface area contributed by atoms with Crippen molar-refractivity contribution in [1.82, 2.24) is 10.2 Å². The van der Waals surface area contributed by atoms with Gasteiger partial charge in [-0.05, 0) is 18.6 Å². The van der Waals surface area contributed by atoms with Crippen molar-refractivity contribution in [3.8, 4) is 0 Å². The maximum Gasteiger partial charge on any atom is 0.257 e. The first-order valence-electron chi connectivity index (χ1n) is 5.51. The molecule has 1 aromatic carbocycles. The van der Waals surface area contributed by atoms with Crippen LogP contribution in [-0.2, 0) is 6.42 Å². The fourth-order valence-electron chi connectivity index (χ4n) is 1.56. The predicted molar refractivity (Wildman–Crippen MR) is 62.2 cm³/mol. The minimum Gasteiger partial charge on any atom is -0.307 e. The van der Waals surface area contributed by atoms with Gasteiger partial charge in [-0.1, -0.05) is 6.92 Å². The third-order valence-electron chi connectivity index (χ3n) is 2.58. The molecule has 1 aromatic heterocycles. The lowest BCUT2D eigenvalue weighted by Gasteiger charge is -2.05. The Hall–Kier alpha value is -2.31. The number of amides is 1. The molecule has 2 aromatic rings. The van der Waals surface area contributed by atoms with E-state index < -0.39 is 23.4 Å². The lowest BCUT2D eigenvalue weighted by atomic mass is 10.2. The average molecular weight is 269 g/mol. The zero-order valence-electron chi connectivity index (χ0n) is 9.93. The fraction of sp³-hybridized carbons (Fsp3) is 0.167. The molecule has 0 saturated heterocycles. The molecule has 0 atom stereocenters. The molecule has 0 aliphatic rings. The van der Waals surface area contributed by atoms with Crippen LogP contribution in [0.15, 0.2) is 18.3 Å². The molecule has 19 heavy (non-hydrogen) atoms. The van der Waals surface area contributed by atoms with Gasteiger partial charge >= 0.3 is 0 Å². The third-order valence-corrected chi connectivity index (χ3v) is 2.58. The molecule has 1 heterocycles. The highest BCUT2D eigenvalue weighted by Crippen LogP contribution is 2.16. The van der Waals surface area contributed by atoms with Crippen LogP contribution in [0.2, 0.25) is 0 Å². The normalized spacial score (nSPS) is 10.5. The number of benzene rings is 1. The van der Waals surface area contributed by atoms with Crippen LogP contribution in [-0.4, -0.2) is 16.1 Å². The summed E-state index contributed by atoms with van der Waals surface area (Å²) in [6, 6.07) is 1.27. The molecule has 0 spiro atoms. The molecule has 2 N–H and O–H groups in total. The molecule has 100 valence electrons. The topological polar surface area (TPSA) is 57.8 Å². The van der Waals surface area contributed by atoms with Crippen molar-refractivity contribution in [2.24, 2.45) is 0 Å². The van der Waals surface area contributed by atoms with Crippen LogP contribution in [0.25, 0.3) is 0 Å². The van der Waals surface area contributed by atoms with Crippen molar-refractivity contribution in [1.29, 1.82) is 0 Å². The van der Waals surface area contributed by atoms with Crippen molar-refractivity contribution in [2.45, 2.75) is 13.3 Å². The molecule has 7 heteroatoms. The summed E-state index contributed by atoms with van der Waals surface area (Å²) in [4.78, 5) is 11.8. The van der Waals surface area contributed by atoms with Crippen LogP contribution in [0, 0.1) is 17.5 Å². The van der Waals surface area contributed by atoms with E-state index in [1.807, 2.05) is 6.92 Å². The Kier molecular flexibility index (Phi) is 3.55. The summed E-state index contributed by atoms with van der Waals surface area (Å²) < 4.78 is 38.8. The van der Waals surface area contributed by atoms with Gasteiger partial charge in [0.25, 0.3) is 5.91 Å². The second-order valence-corrected chi connectivity index (χ2v) is 3.83. The van der Waals surface area contributed by atoms with Gasteiger partial charge in [0, 0.05) is 11.1 Å². The molecule has 0 aliphatic carbocycles. The summed E-state index contributed by atoms with van der Waals surface area (Å²) in [5.74, 6) is -4.84. The maximum absolute atomic E-state index is 13.0. The van der Waals surface area contributed by atoms with Crippen LogP contribution in [0.4, 0.5) is 19.0 Å².